The van der Waals surface area contributed by atoms with Crippen molar-refractivity contribution in [2.45, 2.75) is 39.7 Å². The van der Waals surface area contributed by atoms with Gasteiger partial charge in [-0.3, -0.25) is 0 Å². The molecule has 0 unspecified atom stereocenters. The number of rotatable bonds is 3. The molecule has 112 valence electrons. The summed E-state index contributed by atoms with van der Waals surface area (Å²) in [5.41, 5.74) is 2.04. The minimum absolute atomic E-state index is 0.125. The first kappa shape index (κ1) is 15.8. The van der Waals surface area contributed by atoms with Gasteiger partial charge in [-0.15, -0.1) is 0 Å². The third-order valence-electron chi connectivity index (χ3n) is 3.36. The highest BCUT2D eigenvalue weighted by atomic mass is 35.5. The van der Waals surface area contributed by atoms with Crippen LogP contribution in [-0.4, -0.2) is 17.0 Å². The van der Waals surface area contributed by atoms with Crippen molar-refractivity contribution >= 4 is 17.4 Å². The van der Waals surface area contributed by atoms with Crippen molar-refractivity contribution in [2.75, 3.05) is 11.9 Å². The van der Waals surface area contributed by atoms with Gasteiger partial charge in [0.05, 0.1) is 0 Å². The summed E-state index contributed by atoms with van der Waals surface area (Å²) in [6.45, 7) is 9.03. The molecule has 0 aliphatic heterocycles. The summed E-state index contributed by atoms with van der Waals surface area (Å²) in [4.78, 5) is 11.3. The van der Waals surface area contributed by atoms with Gasteiger partial charge in [0.25, 0.3) is 0 Å². The molecule has 1 aromatic carbocycles. The van der Waals surface area contributed by atoms with Crippen LogP contribution in [0.1, 0.15) is 37.7 Å². The molecule has 0 aliphatic carbocycles. The smallest absolute Gasteiger partial charge is 0.137 e. The van der Waals surface area contributed by atoms with Crippen LogP contribution in [0.15, 0.2) is 30.3 Å². The van der Waals surface area contributed by atoms with Crippen LogP contribution < -0.4 is 4.90 Å². The van der Waals surface area contributed by atoms with Gasteiger partial charge in [-0.05, 0) is 12.5 Å². The van der Waals surface area contributed by atoms with Crippen LogP contribution in [0.3, 0.4) is 0 Å². The van der Waals surface area contributed by atoms with Gasteiger partial charge in [0.15, 0.2) is 0 Å². The van der Waals surface area contributed by atoms with Crippen LogP contribution in [0.2, 0.25) is 5.15 Å². The third-order valence-corrected chi connectivity index (χ3v) is 3.72. The lowest BCUT2D eigenvalue weighted by Gasteiger charge is -2.24. The Kier molecular flexibility index (Phi) is 4.52. The van der Waals surface area contributed by atoms with Crippen LogP contribution in [0, 0.1) is 6.92 Å². The van der Waals surface area contributed by atoms with Crippen LogP contribution >= 0.6 is 11.6 Å². The van der Waals surface area contributed by atoms with E-state index in [9.17, 15) is 0 Å². The van der Waals surface area contributed by atoms with Crippen LogP contribution in [0.25, 0.3) is 0 Å². The first-order valence-corrected chi connectivity index (χ1v) is 7.46. The highest BCUT2D eigenvalue weighted by Crippen LogP contribution is 2.28. The highest BCUT2D eigenvalue weighted by Gasteiger charge is 2.22. The normalized spacial score (nSPS) is 11.5. The highest BCUT2D eigenvalue weighted by molar-refractivity contribution is 6.30. The molecule has 0 radical (unpaired) electrons. The molecule has 0 N–H and O–H groups in total. The molecule has 21 heavy (non-hydrogen) atoms. The molecule has 0 saturated heterocycles. The predicted molar refractivity (Wildman–Crippen MR) is 89.0 cm³/mol. The lowest BCUT2D eigenvalue weighted by molar-refractivity contribution is 0.543. The summed E-state index contributed by atoms with van der Waals surface area (Å²) in [7, 11) is 2.03. The molecule has 0 spiro atoms. The maximum Gasteiger partial charge on any atom is 0.137 e. The second kappa shape index (κ2) is 6.02. The first-order chi connectivity index (χ1) is 9.79. The average Bonchev–Trinajstić information content (AvgIpc) is 2.41. The summed E-state index contributed by atoms with van der Waals surface area (Å²) in [5, 5.41) is 0.532. The SMILES string of the molecule is Cc1c(Cl)nc(C(C)(C)C)nc1N(C)Cc1ccccc1. The molecular weight excluding hydrogens is 282 g/mol. The van der Waals surface area contributed by atoms with Gasteiger partial charge < -0.3 is 4.90 Å². The van der Waals surface area contributed by atoms with E-state index < -0.39 is 0 Å². The van der Waals surface area contributed by atoms with E-state index in [1.54, 1.807) is 0 Å². The summed E-state index contributed by atoms with van der Waals surface area (Å²) < 4.78 is 0. The summed E-state index contributed by atoms with van der Waals surface area (Å²) >= 11 is 6.29. The third kappa shape index (κ3) is 3.73. The fourth-order valence-electron chi connectivity index (χ4n) is 2.12. The quantitative estimate of drug-likeness (QED) is 0.788. The van der Waals surface area contributed by atoms with E-state index in [4.69, 9.17) is 16.6 Å². The van der Waals surface area contributed by atoms with E-state index in [1.807, 2.05) is 32.2 Å². The zero-order valence-corrected chi connectivity index (χ0v) is 14.1. The largest absolute Gasteiger partial charge is 0.355 e. The molecule has 0 bridgehead atoms. The number of hydrogen-bond acceptors (Lipinski definition) is 3. The van der Waals surface area contributed by atoms with Crippen molar-refractivity contribution in [3.8, 4) is 0 Å². The number of anilines is 1. The van der Waals surface area contributed by atoms with Gasteiger partial charge in [0, 0.05) is 24.6 Å². The van der Waals surface area contributed by atoms with E-state index in [0.29, 0.717) is 5.15 Å². The Labute approximate surface area is 132 Å². The topological polar surface area (TPSA) is 29.0 Å². The number of hydrogen-bond donors (Lipinski definition) is 0. The second-order valence-corrected chi connectivity index (χ2v) is 6.74. The molecule has 2 aromatic rings. The van der Waals surface area contributed by atoms with Gasteiger partial charge >= 0.3 is 0 Å². The Morgan fingerprint density at radius 2 is 1.71 bits per heavy atom. The van der Waals surface area contributed by atoms with E-state index in [0.717, 1.165) is 23.8 Å². The van der Waals surface area contributed by atoms with E-state index >= 15 is 0 Å². The van der Waals surface area contributed by atoms with Gasteiger partial charge in [-0.1, -0.05) is 62.7 Å². The minimum atomic E-state index is -0.125. The molecule has 0 atom stereocenters. The molecule has 4 heteroatoms. The predicted octanol–water partition coefficient (Wildman–Crippen LogP) is 4.37. The van der Waals surface area contributed by atoms with Crippen molar-refractivity contribution in [1.29, 1.82) is 0 Å². The minimum Gasteiger partial charge on any atom is -0.355 e. The fraction of sp³-hybridized carbons (Fsp3) is 0.412. The van der Waals surface area contributed by atoms with Crippen LogP contribution in [0.5, 0.6) is 0 Å². The first-order valence-electron chi connectivity index (χ1n) is 7.08. The molecule has 3 nitrogen and oxygen atoms in total. The second-order valence-electron chi connectivity index (χ2n) is 6.38. The van der Waals surface area contributed by atoms with E-state index in [-0.39, 0.29) is 5.41 Å². The molecular formula is C17H22ClN3. The molecule has 0 amide bonds. The molecule has 0 aliphatic rings. The molecule has 1 heterocycles. The Hall–Kier alpha value is -1.61. The summed E-state index contributed by atoms with van der Waals surface area (Å²) in [6, 6.07) is 10.3. The lowest BCUT2D eigenvalue weighted by Crippen LogP contribution is -2.23. The lowest BCUT2D eigenvalue weighted by atomic mass is 9.95. The van der Waals surface area contributed by atoms with Gasteiger partial charge in [-0.25, -0.2) is 9.97 Å². The Bertz CT molecular complexity index is 618. The van der Waals surface area contributed by atoms with E-state index in [2.05, 4.69) is 42.8 Å². The Morgan fingerprint density at radius 1 is 1.10 bits per heavy atom. The van der Waals surface area contributed by atoms with E-state index in [1.165, 1.54) is 5.56 Å². The Balaban J connectivity index is 2.36. The average molecular weight is 304 g/mol. The monoisotopic (exact) mass is 303 g/mol. The van der Waals surface area contributed by atoms with Gasteiger partial charge in [0.1, 0.15) is 16.8 Å². The van der Waals surface area contributed by atoms with Gasteiger partial charge in [-0.2, -0.15) is 0 Å². The Morgan fingerprint density at radius 3 is 2.29 bits per heavy atom. The molecule has 0 fully saturated rings. The molecule has 1 aromatic heterocycles. The summed E-state index contributed by atoms with van der Waals surface area (Å²) in [6.07, 6.45) is 0. The van der Waals surface area contributed by atoms with Crippen molar-refractivity contribution in [3.63, 3.8) is 0 Å². The maximum absolute atomic E-state index is 6.29. The van der Waals surface area contributed by atoms with Gasteiger partial charge in [0.2, 0.25) is 0 Å². The maximum atomic E-state index is 6.29. The fourth-order valence-corrected chi connectivity index (χ4v) is 2.28. The standard InChI is InChI=1S/C17H22ClN3/c1-12-14(18)19-16(17(2,3)4)20-15(12)21(5)11-13-9-7-6-8-10-13/h6-10H,11H2,1-5H3. The van der Waals surface area contributed by atoms with Crippen LogP contribution in [0.4, 0.5) is 5.82 Å². The number of halogens is 1. The molecule has 0 saturated carbocycles. The zero-order valence-electron chi connectivity index (χ0n) is 13.3. The molecule has 2 rings (SSSR count). The number of benzene rings is 1. The van der Waals surface area contributed by atoms with Crippen LogP contribution in [-0.2, 0) is 12.0 Å². The number of nitrogens with zero attached hydrogens (tertiary/aromatic N) is 3. The van der Waals surface area contributed by atoms with Crippen molar-refractivity contribution in [1.82, 2.24) is 9.97 Å². The van der Waals surface area contributed by atoms with Crippen molar-refractivity contribution in [2.24, 2.45) is 0 Å². The van der Waals surface area contributed by atoms with Crippen molar-refractivity contribution < 1.29 is 0 Å². The summed E-state index contributed by atoms with van der Waals surface area (Å²) in [5.74, 6) is 1.66. The van der Waals surface area contributed by atoms with Crippen molar-refractivity contribution in [3.05, 3.63) is 52.4 Å². The number of aromatic nitrogens is 2. The zero-order chi connectivity index (χ0) is 15.6.